The van der Waals surface area contributed by atoms with Crippen LogP contribution in [0.25, 0.3) is 0 Å². The zero-order chi connectivity index (χ0) is 17.5. The third kappa shape index (κ3) is 4.37. The predicted octanol–water partition coefficient (Wildman–Crippen LogP) is 4.13. The summed E-state index contributed by atoms with van der Waals surface area (Å²) in [5.41, 5.74) is 3.17. The number of fused-ring (bicyclic) bond motifs is 1. The number of aryl methyl sites for hydroxylation is 1. The van der Waals surface area contributed by atoms with Gasteiger partial charge in [-0.2, -0.15) is 0 Å². The van der Waals surface area contributed by atoms with E-state index in [-0.39, 0.29) is 11.8 Å². The van der Waals surface area contributed by atoms with Crippen LogP contribution in [-0.2, 0) is 16.0 Å². The van der Waals surface area contributed by atoms with Crippen LogP contribution in [0.1, 0.15) is 76.5 Å². The van der Waals surface area contributed by atoms with Crippen LogP contribution in [0.5, 0.6) is 0 Å². The lowest BCUT2D eigenvalue weighted by molar-refractivity contribution is -0.126. The first-order chi connectivity index (χ1) is 11.6. The Labute approximate surface area is 145 Å². The summed E-state index contributed by atoms with van der Waals surface area (Å²) in [7, 11) is 0. The molecule has 1 aliphatic rings. The molecule has 0 radical (unpaired) electrons. The maximum Gasteiger partial charge on any atom is 0.254 e. The molecular weight excluding hydrogens is 300 g/mol. The molecule has 2 amide bonds. The lowest BCUT2D eigenvalue weighted by Crippen LogP contribution is -2.37. The first-order valence-corrected chi connectivity index (χ1v) is 9.29. The van der Waals surface area contributed by atoms with Crippen molar-refractivity contribution < 1.29 is 9.59 Å². The number of rotatable bonds is 9. The highest BCUT2D eigenvalue weighted by molar-refractivity contribution is 6.06. The Morgan fingerprint density at radius 2 is 1.88 bits per heavy atom. The van der Waals surface area contributed by atoms with E-state index in [1.807, 2.05) is 4.90 Å². The number of benzene rings is 1. The van der Waals surface area contributed by atoms with Crippen molar-refractivity contribution in [3.05, 3.63) is 29.3 Å². The van der Waals surface area contributed by atoms with E-state index in [2.05, 4.69) is 37.4 Å². The highest BCUT2D eigenvalue weighted by atomic mass is 16.2. The van der Waals surface area contributed by atoms with Crippen LogP contribution in [0.4, 0.5) is 5.69 Å². The van der Waals surface area contributed by atoms with Crippen molar-refractivity contribution in [2.45, 2.75) is 71.8 Å². The van der Waals surface area contributed by atoms with Gasteiger partial charge in [-0.1, -0.05) is 51.7 Å². The molecule has 1 aliphatic heterocycles. The minimum Gasteiger partial charge on any atom is -0.341 e. The van der Waals surface area contributed by atoms with Crippen LogP contribution < -0.4 is 10.2 Å². The Kier molecular flexibility index (Phi) is 6.83. The third-order valence-corrected chi connectivity index (χ3v) is 4.61. The zero-order valence-electron chi connectivity index (χ0n) is 15.2. The fourth-order valence-electron chi connectivity index (χ4n) is 3.30. The van der Waals surface area contributed by atoms with Gasteiger partial charge in [0.05, 0.1) is 0 Å². The molecule has 0 aliphatic carbocycles. The van der Waals surface area contributed by atoms with Crippen molar-refractivity contribution in [1.82, 2.24) is 5.32 Å². The van der Waals surface area contributed by atoms with Crippen LogP contribution >= 0.6 is 0 Å². The minimum atomic E-state index is -0.523. The second kappa shape index (κ2) is 8.86. The van der Waals surface area contributed by atoms with E-state index in [0.29, 0.717) is 0 Å². The Hall–Kier alpha value is -1.84. The maximum absolute atomic E-state index is 12.8. The average Bonchev–Trinajstić information content (AvgIpc) is 2.81. The fourth-order valence-corrected chi connectivity index (χ4v) is 3.30. The van der Waals surface area contributed by atoms with Crippen molar-refractivity contribution in [3.63, 3.8) is 0 Å². The molecule has 4 heteroatoms. The highest BCUT2D eigenvalue weighted by Crippen LogP contribution is 2.37. The van der Waals surface area contributed by atoms with Gasteiger partial charge in [-0.15, -0.1) is 0 Å². The van der Waals surface area contributed by atoms with Crippen molar-refractivity contribution in [3.8, 4) is 0 Å². The highest BCUT2D eigenvalue weighted by Gasteiger charge is 2.37. The summed E-state index contributed by atoms with van der Waals surface area (Å²) in [6.07, 6.45) is 7.81. The van der Waals surface area contributed by atoms with Crippen LogP contribution in [0, 0.1) is 0 Å². The molecule has 1 aromatic carbocycles. The summed E-state index contributed by atoms with van der Waals surface area (Å²) in [4.78, 5) is 26.2. The standard InChI is InChI=1S/C20H30N2O2/c1-4-6-8-9-13-22-18-12-11-16(10-7-5-2)14-17(18)19(20(22)24)21-15(3)23/h11-12,14,19H,4-10,13H2,1-3H3,(H,21,23)/t19-/m0/s1. The summed E-state index contributed by atoms with van der Waals surface area (Å²) in [6, 6.07) is 5.76. The number of nitrogens with one attached hydrogen (secondary N) is 1. The van der Waals surface area contributed by atoms with Crippen LogP contribution in [0.15, 0.2) is 18.2 Å². The lowest BCUT2D eigenvalue weighted by Gasteiger charge is -2.18. The van der Waals surface area contributed by atoms with Gasteiger partial charge in [0.2, 0.25) is 5.91 Å². The van der Waals surface area contributed by atoms with Crippen molar-refractivity contribution in [2.75, 3.05) is 11.4 Å². The number of hydrogen-bond acceptors (Lipinski definition) is 2. The molecule has 1 N–H and O–H groups in total. The molecule has 0 saturated heterocycles. The number of anilines is 1. The van der Waals surface area contributed by atoms with E-state index in [1.165, 1.54) is 25.3 Å². The molecule has 0 spiro atoms. The topological polar surface area (TPSA) is 49.4 Å². The average molecular weight is 330 g/mol. The number of carbonyl (C=O) groups excluding carboxylic acids is 2. The molecule has 0 saturated carbocycles. The van der Waals surface area contributed by atoms with Gasteiger partial charge in [0.25, 0.3) is 5.91 Å². The molecule has 0 unspecified atom stereocenters. The van der Waals surface area contributed by atoms with Gasteiger partial charge < -0.3 is 10.2 Å². The Balaban J connectivity index is 2.21. The molecule has 0 bridgehead atoms. The SMILES string of the molecule is CCCCCCN1C(=O)[C@@H](NC(C)=O)c2cc(CCCC)ccc21. The second-order valence-corrected chi connectivity index (χ2v) is 6.68. The van der Waals surface area contributed by atoms with Crippen LogP contribution in [0.3, 0.4) is 0 Å². The van der Waals surface area contributed by atoms with Crippen molar-refractivity contribution in [2.24, 2.45) is 0 Å². The third-order valence-electron chi connectivity index (χ3n) is 4.61. The van der Waals surface area contributed by atoms with Gasteiger partial charge in [0, 0.05) is 24.7 Å². The smallest absolute Gasteiger partial charge is 0.254 e. The quantitative estimate of drug-likeness (QED) is 0.692. The summed E-state index contributed by atoms with van der Waals surface area (Å²) in [5, 5.41) is 2.83. The summed E-state index contributed by atoms with van der Waals surface area (Å²) < 4.78 is 0. The number of hydrogen-bond donors (Lipinski definition) is 1. The van der Waals surface area contributed by atoms with Crippen molar-refractivity contribution >= 4 is 17.5 Å². The van der Waals surface area contributed by atoms with Gasteiger partial charge in [0.1, 0.15) is 6.04 Å². The van der Waals surface area contributed by atoms with Crippen molar-refractivity contribution in [1.29, 1.82) is 0 Å². The summed E-state index contributed by atoms with van der Waals surface area (Å²) >= 11 is 0. The monoisotopic (exact) mass is 330 g/mol. The molecule has 1 aromatic rings. The Bertz CT molecular complexity index is 583. The summed E-state index contributed by atoms with van der Waals surface area (Å²) in [5.74, 6) is -0.157. The fraction of sp³-hybridized carbons (Fsp3) is 0.600. The van der Waals surface area contributed by atoms with Gasteiger partial charge >= 0.3 is 0 Å². The largest absolute Gasteiger partial charge is 0.341 e. The molecule has 24 heavy (non-hydrogen) atoms. The molecular formula is C20H30N2O2. The van der Waals surface area contributed by atoms with Gasteiger partial charge in [-0.25, -0.2) is 0 Å². The van der Waals surface area contributed by atoms with Gasteiger partial charge in [0.15, 0.2) is 0 Å². The van der Waals surface area contributed by atoms with E-state index in [9.17, 15) is 9.59 Å². The molecule has 0 aromatic heterocycles. The van der Waals surface area contributed by atoms with Crippen LogP contribution in [0.2, 0.25) is 0 Å². The second-order valence-electron chi connectivity index (χ2n) is 6.68. The number of unbranched alkanes of at least 4 members (excludes halogenated alkanes) is 4. The minimum absolute atomic E-state index is 0.00402. The zero-order valence-corrected chi connectivity index (χ0v) is 15.2. The number of nitrogens with zero attached hydrogens (tertiary/aromatic N) is 1. The van der Waals surface area contributed by atoms with E-state index >= 15 is 0 Å². The van der Waals surface area contributed by atoms with Gasteiger partial charge in [-0.05, 0) is 30.9 Å². The lowest BCUT2D eigenvalue weighted by atomic mass is 10.0. The molecule has 4 nitrogen and oxygen atoms in total. The number of carbonyl (C=O) groups is 2. The van der Waals surface area contributed by atoms with E-state index in [0.717, 1.165) is 49.9 Å². The molecule has 132 valence electrons. The molecule has 1 heterocycles. The van der Waals surface area contributed by atoms with Gasteiger partial charge in [-0.3, -0.25) is 9.59 Å². The Morgan fingerprint density at radius 1 is 1.12 bits per heavy atom. The first kappa shape index (κ1) is 18.5. The normalized spacial score (nSPS) is 16.4. The first-order valence-electron chi connectivity index (χ1n) is 9.29. The van der Waals surface area contributed by atoms with E-state index in [4.69, 9.17) is 0 Å². The van der Waals surface area contributed by atoms with E-state index < -0.39 is 6.04 Å². The Morgan fingerprint density at radius 3 is 2.54 bits per heavy atom. The number of amides is 2. The van der Waals surface area contributed by atoms with E-state index in [1.54, 1.807) is 0 Å². The molecule has 0 fully saturated rings. The molecule has 1 atom stereocenters. The maximum atomic E-state index is 12.8. The molecule has 2 rings (SSSR count). The van der Waals surface area contributed by atoms with Crippen LogP contribution in [-0.4, -0.2) is 18.4 Å². The predicted molar refractivity (Wildman–Crippen MR) is 98.1 cm³/mol. The summed E-state index contributed by atoms with van der Waals surface area (Å²) in [6.45, 7) is 6.56.